The van der Waals surface area contributed by atoms with Crippen molar-refractivity contribution in [3.05, 3.63) is 18.7 Å². The molecule has 3 atom stereocenters. The Morgan fingerprint density at radius 3 is 2.79 bits per heavy atom. The normalized spacial score (nSPS) is 33.1. The van der Waals surface area contributed by atoms with Crippen molar-refractivity contribution in [1.82, 2.24) is 9.55 Å². The molecule has 0 radical (unpaired) electrons. The monoisotopic (exact) mass is 320 g/mol. The second-order valence-electron chi connectivity index (χ2n) is 3.97. The molecule has 2 nitrogen and oxygen atoms in total. The third-order valence-corrected chi connectivity index (χ3v) is 5.65. The molecule has 0 N–H and O–H groups in total. The van der Waals surface area contributed by atoms with Gasteiger partial charge in [0.25, 0.3) is 0 Å². The number of hydrogen-bond acceptors (Lipinski definition) is 1. The molecule has 1 fully saturated rings. The fraction of sp³-hybridized carbons (Fsp3) is 0.700. The van der Waals surface area contributed by atoms with Crippen molar-refractivity contribution in [3.63, 3.8) is 0 Å². The first kappa shape index (κ1) is 10.7. The Bertz CT molecular complexity index is 274. The highest BCUT2D eigenvalue weighted by molar-refractivity contribution is 9.12. The highest BCUT2D eigenvalue weighted by Crippen LogP contribution is 2.34. The molecular formula is C10H14Br2N2. The van der Waals surface area contributed by atoms with Crippen LogP contribution in [0.5, 0.6) is 0 Å². The van der Waals surface area contributed by atoms with Crippen molar-refractivity contribution in [2.45, 2.75) is 35.5 Å². The van der Waals surface area contributed by atoms with E-state index in [0.717, 1.165) is 12.5 Å². The number of alkyl halides is 2. The molecular weight excluding hydrogens is 308 g/mol. The Labute approximate surface area is 101 Å². The van der Waals surface area contributed by atoms with Crippen molar-refractivity contribution in [3.8, 4) is 0 Å². The molecule has 1 aliphatic rings. The van der Waals surface area contributed by atoms with Crippen LogP contribution in [0, 0.1) is 5.92 Å². The maximum Gasteiger partial charge on any atom is 0.0945 e. The minimum atomic E-state index is 0.629. The second kappa shape index (κ2) is 4.79. The van der Waals surface area contributed by atoms with Gasteiger partial charge in [0, 0.05) is 28.6 Å². The summed E-state index contributed by atoms with van der Waals surface area (Å²) in [5.74, 6) is 0.794. The van der Waals surface area contributed by atoms with Gasteiger partial charge in [-0.15, -0.1) is 0 Å². The van der Waals surface area contributed by atoms with Crippen LogP contribution >= 0.6 is 31.9 Å². The van der Waals surface area contributed by atoms with Crippen molar-refractivity contribution in [2.75, 3.05) is 0 Å². The van der Waals surface area contributed by atoms with Crippen molar-refractivity contribution in [2.24, 2.45) is 5.92 Å². The predicted octanol–water partition coefficient (Wildman–Crippen LogP) is 3.21. The van der Waals surface area contributed by atoms with Gasteiger partial charge >= 0.3 is 0 Å². The van der Waals surface area contributed by atoms with Crippen LogP contribution in [-0.4, -0.2) is 19.2 Å². The van der Waals surface area contributed by atoms with E-state index in [1.54, 1.807) is 0 Å². The summed E-state index contributed by atoms with van der Waals surface area (Å²) in [5, 5.41) is 0. The van der Waals surface area contributed by atoms with Crippen LogP contribution in [0.1, 0.15) is 19.3 Å². The highest BCUT2D eigenvalue weighted by Gasteiger charge is 2.26. The zero-order valence-electron chi connectivity index (χ0n) is 7.94. The quantitative estimate of drug-likeness (QED) is 0.765. The first-order chi connectivity index (χ1) is 6.75. The van der Waals surface area contributed by atoms with Crippen LogP contribution < -0.4 is 0 Å². The van der Waals surface area contributed by atoms with Crippen LogP contribution in [0.25, 0.3) is 0 Å². The summed E-state index contributed by atoms with van der Waals surface area (Å²) >= 11 is 7.42. The smallest absolute Gasteiger partial charge is 0.0945 e. The molecule has 78 valence electrons. The Hall–Kier alpha value is 0.170. The van der Waals surface area contributed by atoms with E-state index in [4.69, 9.17) is 0 Å². The van der Waals surface area contributed by atoms with Crippen LogP contribution in [0.4, 0.5) is 0 Å². The summed E-state index contributed by atoms with van der Waals surface area (Å²) in [6, 6.07) is 0. The molecule has 1 heterocycles. The molecule has 1 saturated carbocycles. The Morgan fingerprint density at radius 2 is 2.14 bits per heavy atom. The third-order valence-electron chi connectivity index (χ3n) is 2.83. The van der Waals surface area contributed by atoms with Gasteiger partial charge < -0.3 is 4.57 Å². The lowest BCUT2D eigenvalue weighted by Crippen LogP contribution is -2.27. The van der Waals surface area contributed by atoms with Gasteiger partial charge in [0.15, 0.2) is 0 Å². The molecule has 0 saturated heterocycles. The molecule has 2 rings (SSSR count). The molecule has 14 heavy (non-hydrogen) atoms. The van der Waals surface area contributed by atoms with E-state index < -0.39 is 0 Å². The lowest BCUT2D eigenvalue weighted by molar-refractivity contribution is 0.335. The zero-order valence-corrected chi connectivity index (χ0v) is 11.1. The molecule has 1 aromatic rings. The van der Waals surface area contributed by atoms with E-state index in [-0.39, 0.29) is 0 Å². The van der Waals surface area contributed by atoms with Crippen LogP contribution in [-0.2, 0) is 6.54 Å². The van der Waals surface area contributed by atoms with E-state index in [2.05, 4.69) is 41.4 Å². The van der Waals surface area contributed by atoms with E-state index in [1.165, 1.54) is 19.3 Å². The number of rotatable bonds is 2. The molecule has 3 unspecified atom stereocenters. The third kappa shape index (κ3) is 2.60. The van der Waals surface area contributed by atoms with Crippen LogP contribution in [0.3, 0.4) is 0 Å². The van der Waals surface area contributed by atoms with Crippen molar-refractivity contribution >= 4 is 31.9 Å². The molecule has 1 aromatic heterocycles. The van der Waals surface area contributed by atoms with Crippen LogP contribution in [0.15, 0.2) is 18.7 Å². The van der Waals surface area contributed by atoms with Crippen molar-refractivity contribution < 1.29 is 0 Å². The molecule has 0 aliphatic heterocycles. The van der Waals surface area contributed by atoms with Gasteiger partial charge in [-0.25, -0.2) is 4.98 Å². The molecule has 4 heteroatoms. The van der Waals surface area contributed by atoms with Gasteiger partial charge in [0.2, 0.25) is 0 Å². The lowest BCUT2D eigenvalue weighted by atomic mass is 9.89. The van der Waals surface area contributed by atoms with E-state index in [9.17, 15) is 0 Å². The number of hydrogen-bond donors (Lipinski definition) is 0. The Balaban J connectivity index is 1.88. The number of imidazole rings is 1. The van der Waals surface area contributed by atoms with E-state index in [1.807, 2.05) is 18.7 Å². The first-order valence-corrected chi connectivity index (χ1v) is 6.82. The SMILES string of the molecule is BrC1CCC(Cn2ccnc2)CC1Br. The highest BCUT2D eigenvalue weighted by atomic mass is 79.9. The van der Waals surface area contributed by atoms with Gasteiger partial charge in [-0.1, -0.05) is 31.9 Å². The van der Waals surface area contributed by atoms with Gasteiger partial charge in [0.1, 0.15) is 0 Å². The molecule has 0 amide bonds. The summed E-state index contributed by atoms with van der Waals surface area (Å²) in [6.07, 6.45) is 9.65. The average molecular weight is 322 g/mol. The summed E-state index contributed by atoms with van der Waals surface area (Å²) < 4.78 is 2.18. The summed E-state index contributed by atoms with van der Waals surface area (Å²) in [6.45, 7) is 1.11. The molecule has 1 aliphatic carbocycles. The second-order valence-corrected chi connectivity index (χ2v) is 6.32. The average Bonchev–Trinajstić information content (AvgIpc) is 2.64. The maximum absolute atomic E-state index is 4.06. The first-order valence-electron chi connectivity index (χ1n) is 4.99. The summed E-state index contributed by atoms with van der Waals surface area (Å²) in [7, 11) is 0. The van der Waals surface area contributed by atoms with Gasteiger partial charge in [-0.05, 0) is 25.2 Å². The predicted molar refractivity (Wildman–Crippen MR) is 65.0 cm³/mol. The van der Waals surface area contributed by atoms with Gasteiger partial charge in [0.05, 0.1) is 6.33 Å². The lowest BCUT2D eigenvalue weighted by Gasteiger charge is -2.29. The topological polar surface area (TPSA) is 17.8 Å². The minimum Gasteiger partial charge on any atom is -0.337 e. The number of halogens is 2. The van der Waals surface area contributed by atoms with Crippen molar-refractivity contribution in [1.29, 1.82) is 0 Å². The number of nitrogens with zero attached hydrogens (tertiary/aromatic N) is 2. The van der Waals surface area contributed by atoms with E-state index >= 15 is 0 Å². The fourth-order valence-corrected chi connectivity index (χ4v) is 3.29. The molecule has 0 spiro atoms. The largest absolute Gasteiger partial charge is 0.337 e. The zero-order chi connectivity index (χ0) is 9.97. The Morgan fingerprint density at radius 1 is 1.29 bits per heavy atom. The van der Waals surface area contributed by atoms with Crippen LogP contribution in [0.2, 0.25) is 0 Å². The standard InChI is InChI=1S/C10H14Br2N2/c11-9-2-1-8(5-10(9)12)6-14-4-3-13-7-14/h3-4,7-10H,1-2,5-6H2. The fourth-order valence-electron chi connectivity index (χ4n) is 2.02. The van der Waals surface area contributed by atoms with Gasteiger partial charge in [-0.3, -0.25) is 0 Å². The number of aromatic nitrogens is 2. The summed E-state index contributed by atoms with van der Waals surface area (Å²) in [4.78, 5) is 5.35. The van der Waals surface area contributed by atoms with E-state index in [0.29, 0.717) is 9.65 Å². The van der Waals surface area contributed by atoms with Gasteiger partial charge in [-0.2, -0.15) is 0 Å². The minimum absolute atomic E-state index is 0.629. The maximum atomic E-state index is 4.06. The molecule has 0 bridgehead atoms. The Kier molecular flexibility index (Phi) is 3.66. The summed E-state index contributed by atoms with van der Waals surface area (Å²) in [5.41, 5.74) is 0. The molecule has 0 aromatic carbocycles.